The van der Waals surface area contributed by atoms with Gasteiger partial charge in [0, 0.05) is 19.5 Å². The molecule has 0 radical (unpaired) electrons. The van der Waals surface area contributed by atoms with Crippen LogP contribution in [0, 0.1) is 5.92 Å². The fourth-order valence-electron chi connectivity index (χ4n) is 1.05. The molecule has 60 valence electrons. The van der Waals surface area contributed by atoms with Crippen LogP contribution in [0.15, 0.2) is 0 Å². The van der Waals surface area contributed by atoms with E-state index in [1.165, 1.54) is 0 Å². The van der Waals surface area contributed by atoms with E-state index >= 15 is 0 Å². The topological polar surface area (TPSA) is 12.0 Å². The summed E-state index contributed by atoms with van der Waals surface area (Å²) in [7, 11) is 0. The zero-order chi connectivity index (χ0) is 7.61. The summed E-state index contributed by atoms with van der Waals surface area (Å²) in [6, 6.07) is 0. The molecular formula is C6H10F3N. The fraction of sp³-hybridized carbons (Fsp3) is 1.00. The van der Waals surface area contributed by atoms with Gasteiger partial charge < -0.3 is 5.32 Å². The number of hydrogen-bond acceptors (Lipinski definition) is 1. The summed E-state index contributed by atoms with van der Waals surface area (Å²) in [5.74, 6) is -3.90. The largest absolute Gasteiger partial charge is 0.316 e. The molecule has 0 saturated carbocycles. The highest BCUT2D eigenvalue weighted by molar-refractivity contribution is 4.83. The summed E-state index contributed by atoms with van der Waals surface area (Å²) in [5.41, 5.74) is 0. The predicted octanol–water partition coefficient (Wildman–Crippen LogP) is 1.20. The molecular weight excluding hydrogens is 143 g/mol. The van der Waals surface area contributed by atoms with Crippen molar-refractivity contribution in [1.82, 2.24) is 5.32 Å². The number of piperidine rings is 1. The standard InChI is InChI=1S/C6H10F3N/c7-3-5-4-10-2-1-6(5,8)9/h5,10H,1-4H2. The van der Waals surface area contributed by atoms with Crippen LogP contribution < -0.4 is 5.32 Å². The summed E-state index contributed by atoms with van der Waals surface area (Å²) in [4.78, 5) is 0. The molecule has 1 N–H and O–H groups in total. The summed E-state index contributed by atoms with van der Waals surface area (Å²) in [6.07, 6.45) is -0.235. The Morgan fingerprint density at radius 2 is 2.20 bits per heavy atom. The molecule has 0 aromatic carbocycles. The van der Waals surface area contributed by atoms with E-state index in [2.05, 4.69) is 5.32 Å². The second-order valence-electron chi connectivity index (χ2n) is 2.57. The molecule has 1 saturated heterocycles. The van der Waals surface area contributed by atoms with Crippen molar-refractivity contribution < 1.29 is 13.2 Å². The Bertz CT molecular complexity index is 116. The SMILES string of the molecule is FCC1CNCCC1(F)F. The van der Waals surface area contributed by atoms with Gasteiger partial charge in [-0.25, -0.2) is 8.78 Å². The van der Waals surface area contributed by atoms with Crippen molar-refractivity contribution in [3.05, 3.63) is 0 Å². The number of hydrogen-bond donors (Lipinski definition) is 1. The van der Waals surface area contributed by atoms with E-state index in [9.17, 15) is 13.2 Å². The molecule has 1 fully saturated rings. The Morgan fingerprint density at radius 3 is 2.60 bits per heavy atom. The van der Waals surface area contributed by atoms with Crippen LogP contribution in [0.2, 0.25) is 0 Å². The van der Waals surface area contributed by atoms with Gasteiger partial charge in [0.2, 0.25) is 0 Å². The van der Waals surface area contributed by atoms with Gasteiger partial charge in [-0.2, -0.15) is 0 Å². The first-order valence-corrected chi connectivity index (χ1v) is 3.31. The first-order valence-electron chi connectivity index (χ1n) is 3.31. The Hall–Kier alpha value is -0.250. The van der Waals surface area contributed by atoms with Crippen molar-refractivity contribution in [3.8, 4) is 0 Å². The third-order valence-electron chi connectivity index (χ3n) is 1.81. The van der Waals surface area contributed by atoms with E-state index < -0.39 is 18.5 Å². The van der Waals surface area contributed by atoms with Crippen molar-refractivity contribution in [2.24, 2.45) is 5.92 Å². The normalized spacial score (nSPS) is 32.1. The highest BCUT2D eigenvalue weighted by Gasteiger charge is 2.41. The third-order valence-corrected chi connectivity index (χ3v) is 1.81. The lowest BCUT2D eigenvalue weighted by Crippen LogP contribution is -2.45. The second-order valence-corrected chi connectivity index (χ2v) is 2.57. The van der Waals surface area contributed by atoms with Gasteiger partial charge in [0.05, 0.1) is 12.6 Å². The molecule has 1 nitrogen and oxygen atoms in total. The van der Waals surface area contributed by atoms with Crippen molar-refractivity contribution in [1.29, 1.82) is 0 Å². The average Bonchev–Trinajstić information content (AvgIpc) is 1.87. The summed E-state index contributed by atoms with van der Waals surface area (Å²) < 4.78 is 37.0. The van der Waals surface area contributed by atoms with Crippen molar-refractivity contribution >= 4 is 0 Å². The van der Waals surface area contributed by atoms with Crippen LogP contribution in [0.25, 0.3) is 0 Å². The molecule has 1 rings (SSSR count). The highest BCUT2D eigenvalue weighted by Crippen LogP contribution is 2.30. The number of nitrogens with one attached hydrogen (secondary N) is 1. The van der Waals surface area contributed by atoms with Crippen LogP contribution >= 0.6 is 0 Å². The maximum atomic E-state index is 12.6. The Labute approximate surface area is 57.6 Å². The molecule has 0 spiro atoms. The maximum Gasteiger partial charge on any atom is 0.255 e. The van der Waals surface area contributed by atoms with Crippen LogP contribution in [0.1, 0.15) is 6.42 Å². The van der Waals surface area contributed by atoms with Crippen molar-refractivity contribution in [2.45, 2.75) is 12.3 Å². The predicted molar refractivity (Wildman–Crippen MR) is 31.9 cm³/mol. The molecule has 0 aromatic heterocycles. The van der Waals surface area contributed by atoms with Gasteiger partial charge in [-0.3, -0.25) is 4.39 Å². The highest BCUT2D eigenvalue weighted by atomic mass is 19.3. The minimum atomic E-state index is -2.79. The van der Waals surface area contributed by atoms with Gasteiger partial charge in [0.25, 0.3) is 5.92 Å². The smallest absolute Gasteiger partial charge is 0.255 e. The molecule has 0 amide bonds. The Balaban J connectivity index is 2.51. The summed E-state index contributed by atoms with van der Waals surface area (Å²) in [5, 5.41) is 2.72. The van der Waals surface area contributed by atoms with Gasteiger partial charge in [-0.05, 0) is 0 Å². The number of alkyl halides is 3. The van der Waals surface area contributed by atoms with Crippen LogP contribution in [0.4, 0.5) is 13.2 Å². The van der Waals surface area contributed by atoms with E-state index in [1.807, 2.05) is 0 Å². The third kappa shape index (κ3) is 1.42. The fourth-order valence-corrected chi connectivity index (χ4v) is 1.05. The average molecular weight is 153 g/mol. The molecule has 1 atom stereocenters. The zero-order valence-electron chi connectivity index (χ0n) is 5.54. The van der Waals surface area contributed by atoms with E-state index in [1.54, 1.807) is 0 Å². The van der Waals surface area contributed by atoms with Gasteiger partial charge in [0.1, 0.15) is 0 Å². The Morgan fingerprint density at radius 1 is 1.50 bits per heavy atom. The van der Waals surface area contributed by atoms with E-state index in [0.29, 0.717) is 6.54 Å². The van der Waals surface area contributed by atoms with Crippen molar-refractivity contribution in [3.63, 3.8) is 0 Å². The van der Waals surface area contributed by atoms with Gasteiger partial charge in [-0.15, -0.1) is 0 Å². The second kappa shape index (κ2) is 2.78. The molecule has 0 aromatic rings. The Kier molecular flexibility index (Phi) is 2.18. The molecule has 4 heteroatoms. The molecule has 1 aliphatic rings. The molecule has 0 aliphatic carbocycles. The van der Waals surface area contributed by atoms with Crippen LogP contribution in [-0.2, 0) is 0 Å². The number of rotatable bonds is 1. The maximum absolute atomic E-state index is 12.6. The lowest BCUT2D eigenvalue weighted by molar-refractivity contribution is -0.0845. The van der Waals surface area contributed by atoms with Crippen LogP contribution in [0.3, 0.4) is 0 Å². The van der Waals surface area contributed by atoms with Crippen LogP contribution in [-0.4, -0.2) is 25.7 Å². The molecule has 1 aliphatic heterocycles. The summed E-state index contributed by atoms with van der Waals surface area (Å²) in [6.45, 7) is -0.535. The molecule has 0 bridgehead atoms. The first-order chi connectivity index (χ1) is 4.67. The monoisotopic (exact) mass is 153 g/mol. The van der Waals surface area contributed by atoms with Gasteiger partial charge in [0.15, 0.2) is 0 Å². The van der Waals surface area contributed by atoms with Crippen molar-refractivity contribution in [2.75, 3.05) is 19.8 Å². The minimum Gasteiger partial charge on any atom is -0.316 e. The molecule has 1 unspecified atom stereocenters. The lowest BCUT2D eigenvalue weighted by atomic mass is 9.96. The molecule has 10 heavy (non-hydrogen) atoms. The van der Waals surface area contributed by atoms with E-state index in [-0.39, 0.29) is 13.0 Å². The lowest BCUT2D eigenvalue weighted by Gasteiger charge is -2.29. The van der Waals surface area contributed by atoms with Gasteiger partial charge in [-0.1, -0.05) is 0 Å². The quantitative estimate of drug-likeness (QED) is 0.596. The number of halogens is 3. The van der Waals surface area contributed by atoms with Crippen LogP contribution in [0.5, 0.6) is 0 Å². The first kappa shape index (κ1) is 7.85. The molecule has 1 heterocycles. The van der Waals surface area contributed by atoms with E-state index in [0.717, 1.165) is 0 Å². The zero-order valence-corrected chi connectivity index (χ0v) is 5.54. The van der Waals surface area contributed by atoms with E-state index in [4.69, 9.17) is 0 Å². The van der Waals surface area contributed by atoms with Gasteiger partial charge >= 0.3 is 0 Å². The summed E-state index contributed by atoms with van der Waals surface area (Å²) >= 11 is 0. The minimum absolute atomic E-state index is 0.101.